The van der Waals surface area contributed by atoms with Gasteiger partial charge in [0.25, 0.3) is 0 Å². The Balaban J connectivity index is 2.64. The average Bonchev–Trinajstić information content (AvgIpc) is 2.40. The average molecular weight is 290 g/mol. The summed E-state index contributed by atoms with van der Waals surface area (Å²) in [7, 11) is 0. The molecular weight excluding hydrogens is 264 g/mol. The third kappa shape index (κ3) is 5.31. The number of Topliss-reactive ketones (excluding diaryl/α,β-unsaturated/α-hetero) is 1. The van der Waals surface area contributed by atoms with Gasteiger partial charge in [-0.1, -0.05) is 31.5 Å². The zero-order chi connectivity index (χ0) is 16.0. The van der Waals surface area contributed by atoms with Crippen molar-refractivity contribution in [3.63, 3.8) is 0 Å². The first-order chi connectivity index (χ1) is 9.87. The van der Waals surface area contributed by atoms with E-state index >= 15 is 0 Å². The third-order valence-electron chi connectivity index (χ3n) is 3.59. The van der Waals surface area contributed by atoms with Crippen LogP contribution in [0.2, 0.25) is 0 Å². The second-order valence-electron chi connectivity index (χ2n) is 5.50. The second kappa shape index (κ2) is 7.93. The lowest BCUT2D eigenvalue weighted by molar-refractivity contribution is -0.126. The van der Waals surface area contributed by atoms with Gasteiger partial charge in [0.15, 0.2) is 5.78 Å². The van der Waals surface area contributed by atoms with Crippen molar-refractivity contribution in [2.24, 2.45) is 0 Å². The first-order valence-corrected chi connectivity index (χ1v) is 7.49. The molecule has 21 heavy (non-hydrogen) atoms. The van der Waals surface area contributed by atoms with Crippen molar-refractivity contribution < 1.29 is 9.59 Å². The Kier molecular flexibility index (Phi) is 6.56. The van der Waals surface area contributed by atoms with E-state index in [9.17, 15) is 9.59 Å². The molecule has 116 valence electrons. The molecule has 0 atom stereocenters. The van der Waals surface area contributed by atoms with Crippen LogP contribution in [0.4, 0.5) is 5.69 Å². The van der Waals surface area contributed by atoms with E-state index in [1.54, 1.807) is 0 Å². The molecule has 0 saturated carbocycles. The molecule has 0 bridgehead atoms. The Morgan fingerprint density at radius 1 is 1.05 bits per heavy atom. The van der Waals surface area contributed by atoms with Gasteiger partial charge in [-0.05, 0) is 45.0 Å². The topological polar surface area (TPSA) is 49.4 Å². The van der Waals surface area contributed by atoms with Crippen molar-refractivity contribution in [1.82, 2.24) is 4.90 Å². The maximum absolute atomic E-state index is 12.0. The molecule has 4 heteroatoms. The van der Waals surface area contributed by atoms with Crippen molar-refractivity contribution >= 4 is 17.4 Å². The summed E-state index contributed by atoms with van der Waals surface area (Å²) in [4.78, 5) is 25.9. The van der Waals surface area contributed by atoms with E-state index in [1.807, 2.05) is 51.7 Å². The van der Waals surface area contributed by atoms with Crippen molar-refractivity contribution in [2.75, 3.05) is 25.0 Å². The molecule has 0 fully saturated rings. The fourth-order valence-electron chi connectivity index (χ4n) is 2.49. The van der Waals surface area contributed by atoms with Crippen LogP contribution in [0.1, 0.15) is 37.0 Å². The standard InChI is InChI=1S/C17H26N2O2/c1-6-19(7-2)11-15(20)10-16(21)18-17-13(4)8-12(3)9-14(17)5/h8-9H,6-7,10-11H2,1-5H3,(H,18,21). The molecule has 1 N–H and O–H groups in total. The smallest absolute Gasteiger partial charge is 0.231 e. The Morgan fingerprint density at radius 2 is 1.57 bits per heavy atom. The molecule has 4 nitrogen and oxygen atoms in total. The maximum Gasteiger partial charge on any atom is 0.231 e. The second-order valence-corrected chi connectivity index (χ2v) is 5.50. The summed E-state index contributed by atoms with van der Waals surface area (Å²) in [6.07, 6.45) is -0.0662. The number of aryl methyl sites for hydroxylation is 3. The Morgan fingerprint density at radius 3 is 2.05 bits per heavy atom. The van der Waals surface area contributed by atoms with Gasteiger partial charge in [-0.3, -0.25) is 14.5 Å². The number of benzene rings is 1. The minimum absolute atomic E-state index is 0.0429. The molecule has 1 aromatic carbocycles. The maximum atomic E-state index is 12.0. The molecule has 0 spiro atoms. The Hall–Kier alpha value is -1.68. The van der Waals surface area contributed by atoms with Gasteiger partial charge >= 0.3 is 0 Å². The number of carbonyl (C=O) groups excluding carboxylic acids is 2. The molecule has 0 aliphatic carbocycles. The summed E-state index contributed by atoms with van der Waals surface area (Å²) in [6, 6.07) is 4.06. The molecule has 1 rings (SSSR count). The van der Waals surface area contributed by atoms with Gasteiger partial charge in [0.1, 0.15) is 0 Å². The fraction of sp³-hybridized carbons (Fsp3) is 0.529. The summed E-state index contributed by atoms with van der Waals surface area (Å²) >= 11 is 0. The number of likely N-dealkylation sites (N-methyl/N-ethyl adjacent to an activating group) is 1. The summed E-state index contributed by atoms with van der Waals surface area (Å²) in [5.41, 5.74) is 4.04. The number of nitrogens with zero attached hydrogens (tertiary/aromatic N) is 1. The molecule has 0 radical (unpaired) electrons. The number of rotatable bonds is 7. The van der Waals surface area contributed by atoms with E-state index in [1.165, 1.54) is 5.56 Å². The van der Waals surface area contributed by atoms with E-state index in [4.69, 9.17) is 0 Å². The molecule has 0 aliphatic rings. The molecule has 1 aromatic rings. The summed E-state index contributed by atoms with van der Waals surface area (Å²) < 4.78 is 0. The van der Waals surface area contributed by atoms with Gasteiger partial charge in [0.05, 0.1) is 13.0 Å². The molecule has 0 unspecified atom stereocenters. The minimum atomic E-state index is -0.234. The van der Waals surface area contributed by atoms with E-state index in [-0.39, 0.29) is 18.1 Å². The van der Waals surface area contributed by atoms with Crippen LogP contribution in [0.3, 0.4) is 0 Å². The van der Waals surface area contributed by atoms with Gasteiger partial charge in [-0.15, -0.1) is 0 Å². The first-order valence-electron chi connectivity index (χ1n) is 7.49. The zero-order valence-electron chi connectivity index (χ0n) is 13.7. The van der Waals surface area contributed by atoms with Crippen molar-refractivity contribution in [1.29, 1.82) is 0 Å². The van der Waals surface area contributed by atoms with Crippen LogP contribution in [0, 0.1) is 20.8 Å². The number of nitrogens with one attached hydrogen (secondary N) is 1. The Labute approximate surface area is 127 Å². The number of carbonyl (C=O) groups is 2. The number of amides is 1. The molecule has 1 amide bonds. The highest BCUT2D eigenvalue weighted by molar-refractivity contribution is 6.05. The SMILES string of the molecule is CCN(CC)CC(=O)CC(=O)Nc1c(C)cc(C)cc1C. The lowest BCUT2D eigenvalue weighted by Gasteiger charge is -2.17. The van der Waals surface area contributed by atoms with E-state index in [2.05, 4.69) is 5.32 Å². The number of hydrogen-bond donors (Lipinski definition) is 1. The number of hydrogen-bond acceptors (Lipinski definition) is 3. The minimum Gasteiger partial charge on any atom is -0.325 e. The summed E-state index contributed by atoms with van der Waals surface area (Å²) in [5.74, 6) is -0.277. The van der Waals surface area contributed by atoms with Gasteiger partial charge in [-0.25, -0.2) is 0 Å². The van der Waals surface area contributed by atoms with Crippen molar-refractivity contribution in [3.05, 3.63) is 28.8 Å². The molecular formula is C17H26N2O2. The fourth-order valence-corrected chi connectivity index (χ4v) is 2.49. The highest BCUT2D eigenvalue weighted by Crippen LogP contribution is 2.22. The normalized spacial score (nSPS) is 10.8. The van der Waals surface area contributed by atoms with Gasteiger partial charge < -0.3 is 5.32 Å². The number of ketones is 1. The largest absolute Gasteiger partial charge is 0.325 e. The van der Waals surface area contributed by atoms with Crippen LogP contribution in [-0.4, -0.2) is 36.2 Å². The van der Waals surface area contributed by atoms with Crippen molar-refractivity contribution in [2.45, 2.75) is 41.0 Å². The summed E-state index contributed by atoms with van der Waals surface area (Å²) in [6.45, 7) is 12.0. The van der Waals surface area contributed by atoms with Gasteiger partial charge in [-0.2, -0.15) is 0 Å². The molecule has 0 heterocycles. The Bertz CT molecular complexity index is 497. The summed E-state index contributed by atoms with van der Waals surface area (Å²) in [5, 5.41) is 2.87. The van der Waals surface area contributed by atoms with Crippen LogP contribution in [0.5, 0.6) is 0 Å². The molecule has 0 aromatic heterocycles. The van der Waals surface area contributed by atoms with Crippen LogP contribution in [-0.2, 0) is 9.59 Å². The predicted octanol–water partition coefficient (Wildman–Crippen LogP) is 2.85. The van der Waals surface area contributed by atoms with Crippen LogP contribution in [0.25, 0.3) is 0 Å². The highest BCUT2D eigenvalue weighted by Gasteiger charge is 2.14. The predicted molar refractivity (Wildman–Crippen MR) is 86.7 cm³/mol. The van der Waals surface area contributed by atoms with Gasteiger partial charge in [0, 0.05) is 5.69 Å². The monoisotopic (exact) mass is 290 g/mol. The zero-order valence-corrected chi connectivity index (χ0v) is 13.7. The van der Waals surface area contributed by atoms with Crippen LogP contribution in [0.15, 0.2) is 12.1 Å². The lowest BCUT2D eigenvalue weighted by atomic mass is 10.0. The molecule has 0 saturated heterocycles. The third-order valence-corrected chi connectivity index (χ3v) is 3.59. The van der Waals surface area contributed by atoms with Crippen LogP contribution >= 0.6 is 0 Å². The number of anilines is 1. The van der Waals surface area contributed by atoms with Crippen molar-refractivity contribution in [3.8, 4) is 0 Å². The van der Waals surface area contributed by atoms with Gasteiger partial charge in [0.2, 0.25) is 5.91 Å². The quantitative estimate of drug-likeness (QED) is 0.786. The van der Waals surface area contributed by atoms with E-state index in [0.29, 0.717) is 6.54 Å². The van der Waals surface area contributed by atoms with Crippen LogP contribution < -0.4 is 5.32 Å². The van der Waals surface area contributed by atoms with E-state index in [0.717, 1.165) is 29.9 Å². The van der Waals surface area contributed by atoms with E-state index < -0.39 is 0 Å². The molecule has 0 aliphatic heterocycles. The lowest BCUT2D eigenvalue weighted by Crippen LogP contribution is -2.31. The first kappa shape index (κ1) is 17.4. The highest BCUT2D eigenvalue weighted by atomic mass is 16.2.